The Morgan fingerprint density at radius 1 is 1.18 bits per heavy atom. The third-order valence-corrected chi connectivity index (χ3v) is 6.86. The molecule has 1 amide bonds. The van der Waals surface area contributed by atoms with Crippen molar-refractivity contribution in [2.45, 2.75) is 13.0 Å². The standard InChI is InChI=1S/C25H26FN7O5S/c1-3-39(35,36)33-18-9-6-16(12-19(18)38-20(14-37-2)15-4-7-17(26)8-5-15)23-22(24(27)34)25(32-31-23)30-21-13-28-10-11-29-21/h4-13,20,33H,3,14H2,1-2H3,(H2,27,34)(H2,29,30,31,32)/t20-/m1/s1. The van der Waals surface area contributed by atoms with Crippen molar-refractivity contribution in [1.82, 2.24) is 20.2 Å². The van der Waals surface area contributed by atoms with Crippen molar-refractivity contribution in [2.75, 3.05) is 29.5 Å². The Morgan fingerprint density at radius 3 is 2.59 bits per heavy atom. The fraction of sp³-hybridized carbons (Fsp3) is 0.200. The average molecular weight is 556 g/mol. The lowest BCUT2D eigenvalue weighted by Crippen LogP contribution is -2.18. The van der Waals surface area contributed by atoms with Crippen molar-refractivity contribution in [2.24, 2.45) is 5.73 Å². The number of aromatic amines is 1. The number of H-pyrrole nitrogens is 1. The van der Waals surface area contributed by atoms with Crippen LogP contribution in [0.3, 0.4) is 0 Å². The smallest absolute Gasteiger partial charge is 0.254 e. The second-order valence-electron chi connectivity index (χ2n) is 8.23. The van der Waals surface area contributed by atoms with Crippen molar-refractivity contribution in [1.29, 1.82) is 0 Å². The van der Waals surface area contributed by atoms with Gasteiger partial charge in [0.25, 0.3) is 5.91 Å². The van der Waals surface area contributed by atoms with Crippen LogP contribution in [-0.4, -0.2) is 54.0 Å². The van der Waals surface area contributed by atoms with Gasteiger partial charge in [-0.15, -0.1) is 0 Å². The summed E-state index contributed by atoms with van der Waals surface area (Å²) in [5.74, 6) is -0.765. The number of nitrogens with one attached hydrogen (secondary N) is 3. The van der Waals surface area contributed by atoms with Crippen LogP contribution in [0.15, 0.2) is 61.1 Å². The number of hydrogen-bond donors (Lipinski definition) is 4. The van der Waals surface area contributed by atoms with Crippen LogP contribution in [0.5, 0.6) is 5.75 Å². The molecule has 0 aliphatic heterocycles. The van der Waals surface area contributed by atoms with Crippen molar-refractivity contribution >= 4 is 33.3 Å². The van der Waals surface area contributed by atoms with Gasteiger partial charge in [0.15, 0.2) is 5.82 Å². The van der Waals surface area contributed by atoms with Gasteiger partial charge in [0.1, 0.15) is 29.1 Å². The van der Waals surface area contributed by atoms with E-state index in [9.17, 15) is 17.6 Å². The van der Waals surface area contributed by atoms with E-state index in [0.29, 0.717) is 16.9 Å². The number of methoxy groups -OCH3 is 1. The minimum Gasteiger partial charge on any atom is -0.481 e. The van der Waals surface area contributed by atoms with Crippen molar-refractivity contribution in [3.8, 4) is 17.0 Å². The molecule has 2 aromatic heterocycles. The molecule has 4 aromatic rings. The molecule has 14 heteroatoms. The number of nitrogens with zero attached hydrogens (tertiary/aromatic N) is 3. The van der Waals surface area contributed by atoms with Crippen LogP contribution in [0.4, 0.5) is 21.7 Å². The Kier molecular flexibility index (Phi) is 8.36. The number of benzene rings is 2. The molecule has 0 radical (unpaired) electrons. The molecule has 1 atom stereocenters. The number of primary amides is 1. The van der Waals surface area contributed by atoms with Gasteiger partial charge in [-0.25, -0.2) is 17.8 Å². The highest BCUT2D eigenvalue weighted by atomic mass is 32.2. The third-order valence-electron chi connectivity index (χ3n) is 5.57. The molecule has 0 unspecified atom stereocenters. The summed E-state index contributed by atoms with van der Waals surface area (Å²) in [7, 11) is -2.19. The van der Waals surface area contributed by atoms with Crippen molar-refractivity contribution in [3.63, 3.8) is 0 Å². The van der Waals surface area contributed by atoms with E-state index in [-0.39, 0.29) is 40.9 Å². The predicted molar refractivity (Wildman–Crippen MR) is 143 cm³/mol. The molecule has 12 nitrogen and oxygen atoms in total. The summed E-state index contributed by atoms with van der Waals surface area (Å²) in [5.41, 5.74) is 7.16. The van der Waals surface area contributed by atoms with Crippen LogP contribution in [-0.2, 0) is 14.8 Å². The Hall–Kier alpha value is -4.56. The first-order valence-electron chi connectivity index (χ1n) is 11.7. The summed E-state index contributed by atoms with van der Waals surface area (Å²) < 4.78 is 52.3. The van der Waals surface area contributed by atoms with E-state index >= 15 is 0 Å². The molecular formula is C25H26FN7O5S. The maximum atomic E-state index is 13.5. The highest BCUT2D eigenvalue weighted by molar-refractivity contribution is 7.92. The molecule has 0 saturated carbocycles. The zero-order valence-corrected chi connectivity index (χ0v) is 21.8. The summed E-state index contributed by atoms with van der Waals surface area (Å²) in [6.07, 6.45) is 3.69. The second kappa shape index (κ2) is 11.9. The Labute approximate surface area is 223 Å². The number of hydrogen-bond acceptors (Lipinski definition) is 9. The minimum absolute atomic E-state index is 0.0421. The lowest BCUT2D eigenvalue weighted by molar-refractivity contribution is 0.0815. The lowest BCUT2D eigenvalue weighted by atomic mass is 10.1. The Balaban J connectivity index is 1.78. The van der Waals surface area contributed by atoms with Gasteiger partial charge in [-0.05, 0) is 36.8 Å². The summed E-state index contributed by atoms with van der Waals surface area (Å²) in [6.45, 7) is 1.58. The molecule has 39 heavy (non-hydrogen) atoms. The van der Waals surface area contributed by atoms with Gasteiger partial charge in [0, 0.05) is 25.1 Å². The fourth-order valence-corrected chi connectivity index (χ4v) is 4.29. The van der Waals surface area contributed by atoms with Crippen LogP contribution in [0.1, 0.15) is 28.9 Å². The van der Waals surface area contributed by atoms with Gasteiger partial charge in [0.2, 0.25) is 10.0 Å². The summed E-state index contributed by atoms with van der Waals surface area (Å²) in [4.78, 5) is 20.5. The number of nitrogens with two attached hydrogens (primary N) is 1. The van der Waals surface area contributed by atoms with Gasteiger partial charge >= 0.3 is 0 Å². The number of rotatable bonds is 12. The Bertz CT molecular complexity index is 1550. The quantitative estimate of drug-likeness (QED) is 0.204. The highest BCUT2D eigenvalue weighted by Crippen LogP contribution is 2.36. The molecule has 0 spiro atoms. The predicted octanol–water partition coefficient (Wildman–Crippen LogP) is 3.38. The van der Waals surface area contributed by atoms with Gasteiger partial charge in [-0.1, -0.05) is 18.2 Å². The maximum absolute atomic E-state index is 13.5. The molecule has 0 aliphatic rings. The molecule has 0 saturated heterocycles. The monoisotopic (exact) mass is 555 g/mol. The molecule has 204 valence electrons. The first-order chi connectivity index (χ1) is 18.7. The topological polar surface area (TPSA) is 174 Å². The normalized spacial score (nSPS) is 12.1. The number of carbonyl (C=O) groups is 1. The van der Waals surface area contributed by atoms with Crippen LogP contribution < -0.4 is 20.5 Å². The molecule has 0 aliphatic carbocycles. The number of amides is 1. The second-order valence-corrected chi connectivity index (χ2v) is 10.2. The molecule has 4 rings (SSSR count). The maximum Gasteiger partial charge on any atom is 0.254 e. The van der Waals surface area contributed by atoms with Gasteiger partial charge < -0.3 is 20.5 Å². The minimum atomic E-state index is -3.67. The molecule has 2 aromatic carbocycles. The number of anilines is 3. The molecular weight excluding hydrogens is 529 g/mol. The van der Waals surface area contributed by atoms with Crippen LogP contribution in [0, 0.1) is 5.82 Å². The van der Waals surface area contributed by atoms with Crippen molar-refractivity contribution < 1.29 is 27.1 Å². The first kappa shape index (κ1) is 27.5. The van der Waals surface area contributed by atoms with Crippen LogP contribution >= 0.6 is 0 Å². The van der Waals surface area contributed by atoms with E-state index in [4.69, 9.17) is 15.2 Å². The highest BCUT2D eigenvalue weighted by Gasteiger charge is 2.23. The van der Waals surface area contributed by atoms with Gasteiger partial charge in [0.05, 0.1) is 29.9 Å². The SMILES string of the molecule is CCS(=O)(=O)Nc1ccc(-c2[nH]nc(Nc3cnccn3)c2C(N)=O)cc1O[C@H](COC)c1ccc(F)cc1. The van der Waals surface area contributed by atoms with Crippen LogP contribution in [0.25, 0.3) is 11.3 Å². The average Bonchev–Trinajstić information content (AvgIpc) is 3.34. The third kappa shape index (κ3) is 6.66. The van der Waals surface area contributed by atoms with E-state index in [1.165, 1.54) is 56.9 Å². The molecule has 0 bridgehead atoms. The zero-order chi connectivity index (χ0) is 28.0. The molecule has 5 N–H and O–H groups in total. The lowest BCUT2D eigenvalue weighted by Gasteiger charge is -2.22. The number of halogens is 1. The first-order valence-corrected chi connectivity index (χ1v) is 13.3. The van der Waals surface area contributed by atoms with E-state index < -0.39 is 27.9 Å². The number of aromatic nitrogens is 4. The van der Waals surface area contributed by atoms with Crippen LogP contribution in [0.2, 0.25) is 0 Å². The van der Waals surface area contributed by atoms with E-state index in [1.807, 2.05) is 0 Å². The number of ether oxygens (including phenoxy) is 2. The molecule has 2 heterocycles. The van der Waals surface area contributed by atoms with E-state index in [0.717, 1.165) is 0 Å². The summed E-state index contributed by atoms with van der Waals surface area (Å²) >= 11 is 0. The number of sulfonamides is 1. The van der Waals surface area contributed by atoms with Gasteiger partial charge in [-0.3, -0.25) is 19.6 Å². The largest absolute Gasteiger partial charge is 0.481 e. The number of carbonyl (C=O) groups excluding carboxylic acids is 1. The van der Waals surface area contributed by atoms with E-state index in [2.05, 4.69) is 30.2 Å². The summed E-state index contributed by atoms with van der Waals surface area (Å²) in [5, 5.41) is 9.86. The van der Waals surface area contributed by atoms with Crippen molar-refractivity contribution in [3.05, 3.63) is 78.0 Å². The zero-order valence-electron chi connectivity index (χ0n) is 21.0. The van der Waals surface area contributed by atoms with E-state index in [1.54, 1.807) is 18.2 Å². The molecule has 0 fully saturated rings. The fourth-order valence-electron chi connectivity index (χ4n) is 3.65. The summed E-state index contributed by atoms with van der Waals surface area (Å²) in [6, 6.07) is 10.3. The Morgan fingerprint density at radius 2 is 1.95 bits per heavy atom. The van der Waals surface area contributed by atoms with Gasteiger partial charge in [-0.2, -0.15) is 5.10 Å².